The van der Waals surface area contributed by atoms with Crippen LogP contribution in [0.1, 0.15) is 17.7 Å². The lowest BCUT2D eigenvalue weighted by Crippen LogP contribution is -2.25. The van der Waals surface area contributed by atoms with Crippen molar-refractivity contribution in [3.8, 4) is 11.8 Å². The molecule has 0 aliphatic rings. The first-order valence-corrected chi connectivity index (χ1v) is 9.99. The molecule has 1 aromatic heterocycles. The van der Waals surface area contributed by atoms with E-state index in [0.29, 0.717) is 24.2 Å². The summed E-state index contributed by atoms with van der Waals surface area (Å²) in [6.45, 7) is 0.186. The second-order valence-electron chi connectivity index (χ2n) is 6.02. The first-order valence-electron chi connectivity index (χ1n) is 8.50. The van der Waals surface area contributed by atoms with Crippen LogP contribution in [0, 0.1) is 17.1 Å². The maximum Gasteiger partial charge on any atom is 0.240 e. The van der Waals surface area contributed by atoms with Gasteiger partial charge in [-0.2, -0.15) is 10.4 Å². The summed E-state index contributed by atoms with van der Waals surface area (Å²) in [6.07, 6.45) is 0.791. The smallest absolute Gasteiger partial charge is 0.240 e. The molecule has 144 valence electrons. The lowest BCUT2D eigenvalue weighted by atomic mass is 10.1. The Morgan fingerprint density at radius 3 is 2.46 bits per heavy atom. The summed E-state index contributed by atoms with van der Waals surface area (Å²) in [5.74, 6) is -0.227. The molecule has 0 unspecified atom stereocenters. The van der Waals surface area contributed by atoms with Crippen molar-refractivity contribution in [3.63, 3.8) is 0 Å². The van der Waals surface area contributed by atoms with E-state index in [9.17, 15) is 18.1 Å². The molecule has 2 aromatic carbocycles. The maximum atomic E-state index is 13.1. The van der Waals surface area contributed by atoms with E-state index in [-0.39, 0.29) is 28.6 Å². The topological polar surface area (TPSA) is 114 Å². The van der Waals surface area contributed by atoms with Crippen molar-refractivity contribution in [3.05, 3.63) is 71.7 Å². The molecule has 0 atom stereocenters. The van der Waals surface area contributed by atoms with Crippen molar-refractivity contribution in [1.82, 2.24) is 14.5 Å². The molecular formula is C19H18FN5O2S. The van der Waals surface area contributed by atoms with Crippen molar-refractivity contribution in [1.29, 1.82) is 5.26 Å². The highest BCUT2D eigenvalue weighted by Gasteiger charge is 2.17. The van der Waals surface area contributed by atoms with Crippen LogP contribution in [0.15, 0.2) is 59.5 Å². The SMILES string of the molecule is N#Cc1c(CCCNS(=O)(=O)c2ccccc2)nn(-c2ccc(F)cc2)c1N. The van der Waals surface area contributed by atoms with Gasteiger partial charge in [-0.25, -0.2) is 22.2 Å². The number of benzene rings is 2. The monoisotopic (exact) mass is 399 g/mol. The van der Waals surface area contributed by atoms with E-state index in [1.165, 1.54) is 41.1 Å². The highest BCUT2D eigenvalue weighted by Crippen LogP contribution is 2.21. The van der Waals surface area contributed by atoms with Gasteiger partial charge in [-0.05, 0) is 49.2 Å². The molecule has 0 radical (unpaired) electrons. The molecule has 1 heterocycles. The van der Waals surface area contributed by atoms with Crippen LogP contribution in [-0.4, -0.2) is 24.7 Å². The van der Waals surface area contributed by atoms with Crippen LogP contribution < -0.4 is 10.5 Å². The first kappa shape index (κ1) is 19.5. The fraction of sp³-hybridized carbons (Fsp3) is 0.158. The summed E-state index contributed by atoms with van der Waals surface area (Å²) in [4.78, 5) is 0.192. The largest absolute Gasteiger partial charge is 0.382 e. The molecule has 3 aromatic rings. The number of aryl methyl sites for hydroxylation is 1. The van der Waals surface area contributed by atoms with E-state index < -0.39 is 10.0 Å². The molecule has 0 spiro atoms. The van der Waals surface area contributed by atoms with Gasteiger partial charge in [0.25, 0.3) is 0 Å². The van der Waals surface area contributed by atoms with Crippen LogP contribution in [0.4, 0.5) is 10.2 Å². The second-order valence-corrected chi connectivity index (χ2v) is 7.79. The summed E-state index contributed by atoms with van der Waals surface area (Å²) in [7, 11) is -3.58. The molecule has 0 amide bonds. The lowest BCUT2D eigenvalue weighted by molar-refractivity contribution is 0.578. The van der Waals surface area contributed by atoms with Gasteiger partial charge in [0.05, 0.1) is 16.3 Å². The average Bonchev–Trinajstić information content (AvgIpc) is 3.02. The zero-order valence-corrected chi connectivity index (χ0v) is 15.7. The zero-order valence-electron chi connectivity index (χ0n) is 14.8. The Balaban J connectivity index is 1.69. The van der Waals surface area contributed by atoms with Crippen LogP contribution in [0.2, 0.25) is 0 Å². The van der Waals surface area contributed by atoms with E-state index in [1.807, 2.05) is 6.07 Å². The fourth-order valence-electron chi connectivity index (χ4n) is 2.70. The molecule has 28 heavy (non-hydrogen) atoms. The number of halogens is 1. The molecule has 9 heteroatoms. The van der Waals surface area contributed by atoms with Crippen molar-refractivity contribution < 1.29 is 12.8 Å². The number of sulfonamides is 1. The maximum absolute atomic E-state index is 13.1. The van der Waals surface area contributed by atoms with Gasteiger partial charge in [-0.1, -0.05) is 18.2 Å². The Hall–Kier alpha value is -3.22. The van der Waals surface area contributed by atoms with E-state index in [2.05, 4.69) is 9.82 Å². The molecule has 0 fully saturated rings. The van der Waals surface area contributed by atoms with E-state index >= 15 is 0 Å². The Labute approximate surface area is 162 Å². The minimum absolute atomic E-state index is 0.161. The highest BCUT2D eigenvalue weighted by atomic mass is 32.2. The number of nitrogens with two attached hydrogens (primary N) is 1. The number of nitrogen functional groups attached to an aromatic ring is 1. The number of hydrogen-bond donors (Lipinski definition) is 2. The van der Waals surface area contributed by atoms with Crippen molar-refractivity contribution in [2.75, 3.05) is 12.3 Å². The molecule has 0 aliphatic heterocycles. The standard InChI is InChI=1S/C19H18FN5O2S/c20-14-8-10-15(11-9-14)25-19(22)17(13-21)18(24-25)7-4-12-23-28(26,27)16-5-2-1-3-6-16/h1-3,5-6,8-11,23H,4,7,12,22H2. The summed E-state index contributed by atoms with van der Waals surface area (Å²) in [5, 5.41) is 13.7. The van der Waals surface area contributed by atoms with Crippen LogP contribution in [0.3, 0.4) is 0 Å². The van der Waals surface area contributed by atoms with Crippen molar-refractivity contribution >= 4 is 15.8 Å². The Morgan fingerprint density at radius 1 is 1.14 bits per heavy atom. The number of nitrogens with zero attached hydrogens (tertiary/aromatic N) is 3. The van der Waals surface area contributed by atoms with Gasteiger partial charge in [-0.15, -0.1) is 0 Å². The van der Waals surface area contributed by atoms with Crippen LogP contribution in [0.5, 0.6) is 0 Å². The minimum Gasteiger partial charge on any atom is -0.382 e. The number of nitriles is 1. The third-order valence-corrected chi connectivity index (χ3v) is 5.59. The molecule has 3 N–H and O–H groups in total. The van der Waals surface area contributed by atoms with Gasteiger partial charge in [0.2, 0.25) is 10.0 Å². The summed E-state index contributed by atoms with van der Waals surface area (Å²) in [6, 6.07) is 15.7. The number of rotatable bonds is 7. The number of aromatic nitrogens is 2. The summed E-state index contributed by atoms with van der Waals surface area (Å²) in [5.41, 5.74) is 7.23. The van der Waals surface area contributed by atoms with Crippen LogP contribution in [0.25, 0.3) is 5.69 Å². The lowest BCUT2D eigenvalue weighted by Gasteiger charge is -2.06. The fourth-order valence-corrected chi connectivity index (χ4v) is 3.79. The number of anilines is 1. The molecule has 0 aliphatic carbocycles. The van der Waals surface area contributed by atoms with Gasteiger partial charge in [-0.3, -0.25) is 0 Å². The van der Waals surface area contributed by atoms with Crippen LogP contribution >= 0.6 is 0 Å². The second kappa shape index (κ2) is 8.21. The normalized spacial score (nSPS) is 11.3. The average molecular weight is 399 g/mol. The molecule has 3 rings (SSSR count). The zero-order chi connectivity index (χ0) is 20.1. The van der Waals surface area contributed by atoms with Crippen molar-refractivity contribution in [2.24, 2.45) is 0 Å². The minimum atomic E-state index is -3.58. The quantitative estimate of drug-likeness (QED) is 0.592. The van der Waals surface area contributed by atoms with E-state index in [1.54, 1.807) is 18.2 Å². The predicted octanol–water partition coefficient (Wildman–Crippen LogP) is 2.38. The Bertz CT molecular complexity index is 1100. The van der Waals surface area contributed by atoms with E-state index in [0.717, 1.165) is 0 Å². The predicted molar refractivity (Wildman–Crippen MR) is 103 cm³/mol. The number of hydrogen-bond acceptors (Lipinski definition) is 5. The van der Waals surface area contributed by atoms with Gasteiger partial charge in [0.1, 0.15) is 23.3 Å². The van der Waals surface area contributed by atoms with Gasteiger partial charge >= 0.3 is 0 Å². The summed E-state index contributed by atoms with van der Waals surface area (Å²) >= 11 is 0. The molecule has 0 saturated carbocycles. The molecule has 0 saturated heterocycles. The van der Waals surface area contributed by atoms with Crippen LogP contribution in [-0.2, 0) is 16.4 Å². The Morgan fingerprint density at radius 2 is 1.82 bits per heavy atom. The third kappa shape index (κ3) is 4.19. The van der Waals surface area contributed by atoms with Crippen molar-refractivity contribution in [2.45, 2.75) is 17.7 Å². The first-order chi connectivity index (χ1) is 13.4. The van der Waals surface area contributed by atoms with E-state index in [4.69, 9.17) is 5.73 Å². The van der Waals surface area contributed by atoms with Gasteiger partial charge < -0.3 is 5.73 Å². The van der Waals surface area contributed by atoms with Gasteiger partial charge in [0.15, 0.2) is 0 Å². The molecule has 0 bridgehead atoms. The number of nitrogens with one attached hydrogen (secondary N) is 1. The molecule has 7 nitrogen and oxygen atoms in total. The van der Waals surface area contributed by atoms with Gasteiger partial charge in [0, 0.05) is 6.54 Å². The highest BCUT2D eigenvalue weighted by molar-refractivity contribution is 7.89. The summed E-state index contributed by atoms with van der Waals surface area (Å²) < 4.78 is 41.4. The third-order valence-electron chi connectivity index (χ3n) is 4.11. The molecular weight excluding hydrogens is 381 g/mol. The Kier molecular flexibility index (Phi) is 5.73.